The van der Waals surface area contributed by atoms with Gasteiger partial charge in [0.15, 0.2) is 5.54 Å². The zero-order valence-electron chi connectivity index (χ0n) is 17.1. The Hall–Kier alpha value is -3.19. The number of hydrogen-bond donors (Lipinski definition) is 0. The standard InChI is InChI=1S/C23H25NO6/c1-3-28-20(25)16-27-15-19-24-23(17-11-7-5-8-12-17,18-13-9-6-10-14-18)21(30-19)22(26)29-4-2/h5-14,21H,3-4,15-16H2,1-2H3. The molecule has 0 bridgehead atoms. The lowest BCUT2D eigenvalue weighted by atomic mass is 9.79. The third-order valence-electron chi connectivity index (χ3n) is 4.61. The monoisotopic (exact) mass is 411 g/mol. The smallest absolute Gasteiger partial charge is 0.350 e. The van der Waals surface area contributed by atoms with Gasteiger partial charge in [0.05, 0.1) is 13.2 Å². The summed E-state index contributed by atoms with van der Waals surface area (Å²) in [5, 5.41) is 0. The van der Waals surface area contributed by atoms with Crippen molar-refractivity contribution in [3.8, 4) is 0 Å². The predicted octanol–water partition coefficient (Wildman–Crippen LogP) is 2.87. The van der Waals surface area contributed by atoms with Crippen molar-refractivity contribution < 1.29 is 28.5 Å². The fourth-order valence-corrected chi connectivity index (χ4v) is 3.41. The van der Waals surface area contributed by atoms with Gasteiger partial charge >= 0.3 is 11.9 Å². The van der Waals surface area contributed by atoms with Gasteiger partial charge in [0.25, 0.3) is 0 Å². The minimum Gasteiger partial charge on any atom is -0.464 e. The number of nitrogens with zero attached hydrogens (tertiary/aromatic N) is 1. The Bertz CT molecular complexity index is 842. The number of benzene rings is 2. The summed E-state index contributed by atoms with van der Waals surface area (Å²) >= 11 is 0. The van der Waals surface area contributed by atoms with Crippen LogP contribution in [0.4, 0.5) is 0 Å². The van der Waals surface area contributed by atoms with Crippen LogP contribution in [0.2, 0.25) is 0 Å². The average Bonchev–Trinajstić information content (AvgIpc) is 3.16. The van der Waals surface area contributed by atoms with E-state index >= 15 is 0 Å². The van der Waals surface area contributed by atoms with E-state index in [1.807, 2.05) is 60.7 Å². The lowest BCUT2D eigenvalue weighted by Gasteiger charge is -2.31. The third kappa shape index (κ3) is 4.52. The van der Waals surface area contributed by atoms with Crippen LogP contribution in [0.25, 0.3) is 0 Å². The van der Waals surface area contributed by atoms with Gasteiger partial charge in [-0.15, -0.1) is 0 Å². The molecule has 0 aromatic heterocycles. The highest BCUT2D eigenvalue weighted by Gasteiger charge is 2.53. The number of carbonyl (C=O) groups excluding carboxylic acids is 2. The van der Waals surface area contributed by atoms with Crippen molar-refractivity contribution in [3.05, 3.63) is 71.8 Å². The number of rotatable bonds is 9. The van der Waals surface area contributed by atoms with Crippen LogP contribution >= 0.6 is 0 Å². The molecular formula is C23H25NO6. The summed E-state index contributed by atoms with van der Waals surface area (Å²) in [6.45, 7) is 3.65. The predicted molar refractivity (Wildman–Crippen MR) is 110 cm³/mol. The molecule has 2 aromatic rings. The highest BCUT2D eigenvalue weighted by atomic mass is 16.6. The summed E-state index contributed by atoms with van der Waals surface area (Å²) in [5.41, 5.74) is 0.446. The van der Waals surface area contributed by atoms with Crippen molar-refractivity contribution in [2.45, 2.75) is 25.5 Å². The van der Waals surface area contributed by atoms with Gasteiger partial charge < -0.3 is 18.9 Å². The Morgan fingerprint density at radius 3 is 2.03 bits per heavy atom. The van der Waals surface area contributed by atoms with Gasteiger partial charge in [0.1, 0.15) is 13.2 Å². The maximum absolute atomic E-state index is 12.9. The first kappa shape index (κ1) is 21.5. The molecular weight excluding hydrogens is 386 g/mol. The molecule has 0 saturated carbocycles. The second-order valence-electron chi connectivity index (χ2n) is 6.55. The van der Waals surface area contributed by atoms with E-state index in [1.165, 1.54) is 0 Å². The Labute approximate surface area is 175 Å². The van der Waals surface area contributed by atoms with Gasteiger partial charge in [0.2, 0.25) is 12.0 Å². The van der Waals surface area contributed by atoms with E-state index in [2.05, 4.69) is 0 Å². The van der Waals surface area contributed by atoms with E-state index in [4.69, 9.17) is 23.9 Å². The summed E-state index contributed by atoms with van der Waals surface area (Å²) < 4.78 is 21.5. The van der Waals surface area contributed by atoms with Gasteiger partial charge in [-0.3, -0.25) is 0 Å². The van der Waals surface area contributed by atoms with Crippen LogP contribution in [0.3, 0.4) is 0 Å². The van der Waals surface area contributed by atoms with E-state index in [-0.39, 0.29) is 32.3 Å². The highest BCUT2D eigenvalue weighted by Crippen LogP contribution is 2.43. The second kappa shape index (κ2) is 10.0. The van der Waals surface area contributed by atoms with Crippen molar-refractivity contribution in [1.29, 1.82) is 0 Å². The number of hydrogen-bond acceptors (Lipinski definition) is 7. The summed E-state index contributed by atoms with van der Waals surface area (Å²) in [7, 11) is 0. The van der Waals surface area contributed by atoms with Gasteiger partial charge in [-0.05, 0) is 25.0 Å². The minimum atomic E-state index is -1.13. The van der Waals surface area contributed by atoms with Gasteiger partial charge in [0, 0.05) is 0 Å². The maximum atomic E-state index is 12.9. The Kier molecular flexibility index (Phi) is 7.19. The van der Waals surface area contributed by atoms with Crippen LogP contribution in [0.15, 0.2) is 65.7 Å². The number of aliphatic imine (C=N–C) groups is 1. The molecule has 0 aliphatic carbocycles. The molecule has 0 amide bonds. The first-order valence-corrected chi connectivity index (χ1v) is 9.88. The Morgan fingerprint density at radius 1 is 0.933 bits per heavy atom. The van der Waals surface area contributed by atoms with Crippen LogP contribution in [-0.2, 0) is 34.1 Å². The van der Waals surface area contributed by atoms with Gasteiger partial charge in [-0.25, -0.2) is 14.6 Å². The summed E-state index contributed by atoms with van der Waals surface area (Å²) in [6.07, 6.45) is -1.02. The summed E-state index contributed by atoms with van der Waals surface area (Å²) in [6, 6.07) is 18.9. The van der Waals surface area contributed by atoms with E-state index in [0.29, 0.717) is 0 Å². The van der Waals surface area contributed by atoms with Crippen molar-refractivity contribution in [1.82, 2.24) is 0 Å². The molecule has 7 nitrogen and oxygen atoms in total. The first-order chi connectivity index (χ1) is 14.6. The number of carbonyl (C=O) groups is 2. The van der Waals surface area contributed by atoms with Crippen molar-refractivity contribution >= 4 is 17.8 Å². The minimum absolute atomic E-state index is 0.0733. The SMILES string of the molecule is CCOC(=O)COCC1=NC(c2ccccc2)(c2ccccc2)C(C(=O)OCC)O1. The highest BCUT2D eigenvalue weighted by molar-refractivity contribution is 5.89. The first-order valence-electron chi connectivity index (χ1n) is 9.88. The molecule has 0 N–H and O–H groups in total. The van der Waals surface area contributed by atoms with Crippen LogP contribution in [0.5, 0.6) is 0 Å². The number of esters is 2. The topological polar surface area (TPSA) is 83.4 Å². The normalized spacial score (nSPS) is 17.0. The fraction of sp³-hybridized carbons (Fsp3) is 0.348. The molecule has 2 aromatic carbocycles. The van der Waals surface area contributed by atoms with Crippen LogP contribution < -0.4 is 0 Å². The zero-order valence-corrected chi connectivity index (χ0v) is 17.1. The average molecular weight is 411 g/mol. The lowest BCUT2D eigenvalue weighted by Crippen LogP contribution is -2.43. The number of ether oxygens (including phenoxy) is 4. The molecule has 0 fully saturated rings. The van der Waals surface area contributed by atoms with Gasteiger partial charge in [-0.2, -0.15) is 0 Å². The maximum Gasteiger partial charge on any atom is 0.350 e. The van der Waals surface area contributed by atoms with Crippen LogP contribution in [0.1, 0.15) is 25.0 Å². The van der Waals surface area contributed by atoms with Crippen LogP contribution in [-0.4, -0.2) is 50.4 Å². The molecule has 0 radical (unpaired) electrons. The Morgan fingerprint density at radius 2 is 1.50 bits per heavy atom. The molecule has 1 heterocycles. The van der Waals surface area contributed by atoms with Gasteiger partial charge in [-0.1, -0.05) is 60.7 Å². The zero-order chi connectivity index (χ0) is 21.4. The van der Waals surface area contributed by atoms with Crippen molar-refractivity contribution in [3.63, 3.8) is 0 Å². The van der Waals surface area contributed by atoms with E-state index in [9.17, 15) is 9.59 Å². The molecule has 7 heteroatoms. The molecule has 1 atom stereocenters. The molecule has 0 saturated heterocycles. The molecule has 0 spiro atoms. The van der Waals surface area contributed by atoms with E-state index in [0.717, 1.165) is 11.1 Å². The molecule has 30 heavy (non-hydrogen) atoms. The van der Waals surface area contributed by atoms with E-state index < -0.39 is 23.6 Å². The van der Waals surface area contributed by atoms with Crippen molar-refractivity contribution in [2.75, 3.05) is 26.4 Å². The molecule has 1 aliphatic rings. The largest absolute Gasteiger partial charge is 0.464 e. The molecule has 3 rings (SSSR count). The van der Waals surface area contributed by atoms with Crippen LogP contribution in [0, 0.1) is 0 Å². The quantitative estimate of drug-likeness (QED) is 0.590. The summed E-state index contributed by atoms with van der Waals surface area (Å²) in [4.78, 5) is 29.2. The van der Waals surface area contributed by atoms with Crippen molar-refractivity contribution in [2.24, 2.45) is 4.99 Å². The Balaban J connectivity index is 1.99. The summed E-state index contributed by atoms with van der Waals surface area (Å²) in [5.74, 6) is -0.783. The van der Waals surface area contributed by atoms with E-state index in [1.54, 1.807) is 13.8 Å². The lowest BCUT2D eigenvalue weighted by molar-refractivity contribution is -0.154. The molecule has 1 unspecified atom stereocenters. The fourth-order valence-electron chi connectivity index (χ4n) is 3.41. The third-order valence-corrected chi connectivity index (χ3v) is 4.61. The second-order valence-corrected chi connectivity index (χ2v) is 6.55. The molecule has 1 aliphatic heterocycles. The molecule has 158 valence electrons.